The van der Waals surface area contributed by atoms with Crippen molar-refractivity contribution >= 4 is 29.2 Å². The summed E-state index contributed by atoms with van der Waals surface area (Å²) in [5.41, 5.74) is 1.38. The molecule has 2 amide bonds. The van der Waals surface area contributed by atoms with Gasteiger partial charge in [-0.05, 0) is 61.3 Å². The molecule has 0 aliphatic heterocycles. The van der Waals surface area contributed by atoms with E-state index in [1.165, 1.54) is 19.3 Å². The van der Waals surface area contributed by atoms with Gasteiger partial charge in [0, 0.05) is 12.1 Å². The third kappa shape index (κ3) is 4.87. The number of benzene rings is 2. The highest BCUT2D eigenvalue weighted by Gasteiger charge is 2.40. The van der Waals surface area contributed by atoms with E-state index in [1.807, 2.05) is 18.2 Å². The molecular formula is C24H26N2O4. The molecule has 2 fully saturated rings. The van der Waals surface area contributed by atoms with Gasteiger partial charge in [-0.15, -0.1) is 0 Å². The van der Waals surface area contributed by atoms with Crippen molar-refractivity contribution in [2.24, 2.45) is 17.8 Å². The number of para-hydroxylation sites is 2. The Hall–Kier alpha value is -3.15. The number of ether oxygens (including phenoxy) is 1. The highest BCUT2D eigenvalue weighted by molar-refractivity contribution is 6.10. The molecule has 2 aromatic carbocycles. The number of fused-ring (bicyclic) bond motifs is 2. The molecule has 0 heterocycles. The first-order valence-corrected chi connectivity index (χ1v) is 10.5. The molecule has 2 saturated carbocycles. The number of hydrogen-bond donors (Lipinski definition) is 2. The van der Waals surface area contributed by atoms with Crippen LogP contribution >= 0.6 is 0 Å². The lowest BCUT2D eigenvalue weighted by Gasteiger charge is -2.20. The minimum absolute atomic E-state index is 0.321. The van der Waals surface area contributed by atoms with E-state index in [0.717, 1.165) is 12.3 Å². The van der Waals surface area contributed by atoms with Gasteiger partial charge in [-0.3, -0.25) is 14.4 Å². The Morgan fingerprint density at radius 2 is 1.67 bits per heavy atom. The molecule has 2 aliphatic carbocycles. The van der Waals surface area contributed by atoms with Gasteiger partial charge in [0.05, 0.1) is 11.3 Å². The third-order valence-corrected chi connectivity index (χ3v) is 6.16. The first kappa shape index (κ1) is 20.1. The highest BCUT2D eigenvalue weighted by Crippen LogP contribution is 2.49. The maximum Gasteiger partial charge on any atom is 0.306 e. The second-order valence-electron chi connectivity index (χ2n) is 8.21. The van der Waals surface area contributed by atoms with Crippen molar-refractivity contribution in [3.05, 3.63) is 60.2 Å². The van der Waals surface area contributed by atoms with Gasteiger partial charge in [0.1, 0.15) is 0 Å². The molecule has 30 heavy (non-hydrogen) atoms. The Morgan fingerprint density at radius 1 is 0.900 bits per heavy atom. The first-order valence-electron chi connectivity index (χ1n) is 10.5. The minimum Gasteiger partial charge on any atom is -0.456 e. The standard InChI is InChI=1S/C24H26N2O4/c27-22(15-30-23(28)14-18-13-16-10-11-17(18)12-16)26-21-9-5-4-8-20(21)24(29)25-19-6-2-1-3-7-19/h1-9,16-18H,10-15H2,(H,25,29)(H,26,27)/t16-,17+,18+/m0/s1. The second kappa shape index (κ2) is 9.11. The molecule has 0 radical (unpaired) electrons. The van der Waals surface area contributed by atoms with Gasteiger partial charge in [0.25, 0.3) is 11.8 Å². The van der Waals surface area contributed by atoms with Crippen molar-refractivity contribution in [2.45, 2.75) is 32.1 Å². The lowest BCUT2D eigenvalue weighted by atomic mass is 9.86. The van der Waals surface area contributed by atoms with Crippen molar-refractivity contribution in [1.82, 2.24) is 0 Å². The van der Waals surface area contributed by atoms with Crippen LogP contribution < -0.4 is 10.6 Å². The van der Waals surface area contributed by atoms with Gasteiger partial charge < -0.3 is 15.4 Å². The molecular weight excluding hydrogens is 380 g/mol. The minimum atomic E-state index is -0.462. The Bertz CT molecular complexity index is 928. The number of nitrogens with one attached hydrogen (secondary N) is 2. The van der Waals surface area contributed by atoms with E-state index < -0.39 is 5.91 Å². The van der Waals surface area contributed by atoms with Crippen LogP contribution in [0.15, 0.2) is 54.6 Å². The summed E-state index contributed by atoms with van der Waals surface area (Å²) >= 11 is 0. The Morgan fingerprint density at radius 3 is 2.40 bits per heavy atom. The average Bonchev–Trinajstić information content (AvgIpc) is 3.36. The number of anilines is 2. The van der Waals surface area contributed by atoms with Crippen LogP contribution in [0.4, 0.5) is 11.4 Å². The van der Waals surface area contributed by atoms with Gasteiger partial charge >= 0.3 is 5.97 Å². The molecule has 0 unspecified atom stereocenters. The molecule has 0 aromatic heterocycles. The fraction of sp³-hybridized carbons (Fsp3) is 0.375. The van der Waals surface area contributed by atoms with E-state index in [2.05, 4.69) is 10.6 Å². The molecule has 2 N–H and O–H groups in total. The smallest absolute Gasteiger partial charge is 0.306 e. The molecule has 0 saturated heterocycles. The molecule has 4 rings (SSSR count). The topological polar surface area (TPSA) is 84.5 Å². The first-order chi connectivity index (χ1) is 14.6. The summed E-state index contributed by atoms with van der Waals surface area (Å²) in [5.74, 6) is 0.710. The van der Waals surface area contributed by atoms with Crippen molar-refractivity contribution < 1.29 is 19.1 Å². The SMILES string of the molecule is O=C(COC(=O)C[C@H]1C[C@H]2CC[C@@H]1C2)Nc1ccccc1C(=O)Nc1ccccc1. The quantitative estimate of drug-likeness (QED) is 0.674. The summed E-state index contributed by atoms with van der Waals surface area (Å²) in [6.45, 7) is -0.353. The summed E-state index contributed by atoms with van der Waals surface area (Å²) in [7, 11) is 0. The van der Waals surface area contributed by atoms with Crippen LogP contribution in [0.3, 0.4) is 0 Å². The molecule has 156 valence electrons. The highest BCUT2D eigenvalue weighted by atomic mass is 16.5. The van der Waals surface area contributed by atoms with Crippen molar-refractivity contribution in [2.75, 3.05) is 17.2 Å². The summed E-state index contributed by atoms with van der Waals surface area (Å²) in [6.07, 6.45) is 5.24. The van der Waals surface area contributed by atoms with Crippen LogP contribution in [0.2, 0.25) is 0 Å². The number of amides is 2. The van der Waals surface area contributed by atoms with Crippen LogP contribution in [0.1, 0.15) is 42.5 Å². The summed E-state index contributed by atoms with van der Waals surface area (Å²) in [6, 6.07) is 15.8. The fourth-order valence-electron chi connectivity index (χ4n) is 4.74. The predicted molar refractivity (Wildman–Crippen MR) is 114 cm³/mol. The number of hydrogen-bond acceptors (Lipinski definition) is 4. The van der Waals surface area contributed by atoms with Gasteiger partial charge in [-0.25, -0.2) is 0 Å². The number of carbonyl (C=O) groups excluding carboxylic acids is 3. The molecule has 0 spiro atoms. The zero-order valence-corrected chi connectivity index (χ0v) is 16.8. The van der Waals surface area contributed by atoms with E-state index in [9.17, 15) is 14.4 Å². The molecule has 6 heteroatoms. The van der Waals surface area contributed by atoms with Crippen molar-refractivity contribution in [3.63, 3.8) is 0 Å². The fourth-order valence-corrected chi connectivity index (χ4v) is 4.74. The predicted octanol–water partition coefficient (Wildman–Crippen LogP) is 4.25. The van der Waals surface area contributed by atoms with E-state index in [4.69, 9.17) is 4.74 Å². The van der Waals surface area contributed by atoms with Crippen LogP contribution in [-0.2, 0) is 14.3 Å². The van der Waals surface area contributed by atoms with Crippen molar-refractivity contribution in [3.8, 4) is 0 Å². The zero-order chi connectivity index (χ0) is 20.9. The lowest BCUT2D eigenvalue weighted by Crippen LogP contribution is -2.24. The number of esters is 1. The largest absolute Gasteiger partial charge is 0.456 e. The maximum absolute atomic E-state index is 12.6. The Balaban J connectivity index is 1.29. The summed E-state index contributed by atoms with van der Waals surface area (Å²) < 4.78 is 5.19. The molecule has 6 nitrogen and oxygen atoms in total. The van der Waals surface area contributed by atoms with Crippen molar-refractivity contribution in [1.29, 1.82) is 0 Å². The monoisotopic (exact) mass is 406 g/mol. The number of carbonyl (C=O) groups is 3. The normalized spacial score (nSPS) is 21.8. The van der Waals surface area contributed by atoms with Crippen LogP contribution in [0.5, 0.6) is 0 Å². The second-order valence-corrected chi connectivity index (χ2v) is 8.21. The summed E-state index contributed by atoms with van der Waals surface area (Å²) in [5, 5.41) is 5.48. The lowest BCUT2D eigenvalue weighted by molar-refractivity contribution is -0.148. The number of rotatable bonds is 7. The Kier molecular flexibility index (Phi) is 6.12. The molecule has 2 aliphatic rings. The van der Waals surface area contributed by atoms with E-state index >= 15 is 0 Å². The van der Waals surface area contributed by atoms with Crippen LogP contribution in [0.25, 0.3) is 0 Å². The van der Waals surface area contributed by atoms with Gasteiger partial charge in [-0.1, -0.05) is 36.8 Å². The van der Waals surface area contributed by atoms with Gasteiger partial charge in [0.15, 0.2) is 6.61 Å². The Labute approximate surface area is 176 Å². The molecule has 3 atom stereocenters. The van der Waals surface area contributed by atoms with Crippen LogP contribution in [0, 0.1) is 17.8 Å². The summed E-state index contributed by atoms with van der Waals surface area (Å²) in [4.78, 5) is 37.0. The molecule has 2 aromatic rings. The van der Waals surface area contributed by atoms with Gasteiger partial charge in [-0.2, -0.15) is 0 Å². The maximum atomic E-state index is 12.6. The molecule has 2 bridgehead atoms. The third-order valence-electron chi connectivity index (χ3n) is 6.16. The van der Waals surface area contributed by atoms with Crippen LogP contribution in [-0.4, -0.2) is 24.4 Å². The van der Waals surface area contributed by atoms with E-state index in [1.54, 1.807) is 36.4 Å². The van der Waals surface area contributed by atoms with Gasteiger partial charge in [0.2, 0.25) is 0 Å². The average molecular weight is 406 g/mol. The van der Waals surface area contributed by atoms with E-state index in [-0.39, 0.29) is 18.5 Å². The van der Waals surface area contributed by atoms with E-state index in [0.29, 0.717) is 35.2 Å². The zero-order valence-electron chi connectivity index (χ0n) is 16.8.